The van der Waals surface area contributed by atoms with Gasteiger partial charge in [-0.1, -0.05) is 64.0 Å². The second-order valence-corrected chi connectivity index (χ2v) is 8.91. The Bertz CT molecular complexity index is 819. The van der Waals surface area contributed by atoms with E-state index in [4.69, 9.17) is 0 Å². The van der Waals surface area contributed by atoms with Gasteiger partial charge in [0, 0.05) is 0 Å². The second-order valence-electron chi connectivity index (χ2n) is 8.91. The summed E-state index contributed by atoms with van der Waals surface area (Å²) in [6, 6.07) is 9.31. The van der Waals surface area contributed by atoms with Gasteiger partial charge in [-0.05, 0) is 66.6 Å². The van der Waals surface area contributed by atoms with Crippen LogP contribution in [0.25, 0.3) is 0 Å². The lowest BCUT2D eigenvalue weighted by molar-refractivity contribution is -0.185. The molecule has 0 aromatic heterocycles. The molecule has 6 heteroatoms. The Hall–Kier alpha value is -2.11. The molecule has 0 radical (unpaired) electrons. The fourth-order valence-electron chi connectivity index (χ4n) is 4.46. The summed E-state index contributed by atoms with van der Waals surface area (Å²) in [6.07, 6.45) is 2.80. The van der Waals surface area contributed by atoms with E-state index in [9.17, 15) is 22.0 Å². The molecule has 0 saturated heterocycles. The molecule has 1 aliphatic rings. The highest BCUT2D eigenvalue weighted by molar-refractivity contribution is 5.31. The van der Waals surface area contributed by atoms with Crippen LogP contribution in [0.4, 0.5) is 22.0 Å². The van der Waals surface area contributed by atoms with Crippen LogP contribution < -0.4 is 4.74 Å². The van der Waals surface area contributed by atoms with Gasteiger partial charge in [-0.3, -0.25) is 0 Å². The Morgan fingerprint density at radius 2 is 1.28 bits per heavy atom. The molecule has 0 N–H and O–H groups in total. The average molecular weight is 455 g/mol. The second kappa shape index (κ2) is 10.7. The standard InChI is InChI=1S/C26H31F5O/c1-2-3-4-19-5-7-20(8-6-19)9-10-21-11-13-23(14-12-21)26(30,31)32-24-17-15-22(16-18-24)25(27,28)29/h11-20H,2-10H2,1H3. The number of halogens is 5. The molecule has 1 fully saturated rings. The fraction of sp³-hybridized carbons (Fsp3) is 0.538. The Morgan fingerprint density at radius 1 is 0.750 bits per heavy atom. The molecule has 0 heterocycles. The van der Waals surface area contributed by atoms with Crippen LogP contribution in [0.15, 0.2) is 48.5 Å². The summed E-state index contributed by atoms with van der Waals surface area (Å²) in [5, 5.41) is 0. The van der Waals surface area contributed by atoms with E-state index in [0.29, 0.717) is 5.92 Å². The number of alkyl halides is 5. The van der Waals surface area contributed by atoms with Crippen LogP contribution in [0.1, 0.15) is 75.0 Å². The summed E-state index contributed by atoms with van der Waals surface area (Å²) in [5.41, 5.74) is -0.225. The van der Waals surface area contributed by atoms with Crippen LogP contribution >= 0.6 is 0 Å². The van der Waals surface area contributed by atoms with Crippen molar-refractivity contribution in [1.29, 1.82) is 0 Å². The summed E-state index contributed by atoms with van der Waals surface area (Å²) in [5.74, 6) is 1.26. The molecule has 0 aliphatic heterocycles. The Morgan fingerprint density at radius 3 is 1.81 bits per heavy atom. The van der Waals surface area contributed by atoms with Crippen molar-refractivity contribution in [1.82, 2.24) is 0 Å². The maximum Gasteiger partial charge on any atom is 0.426 e. The Kier molecular flexibility index (Phi) is 8.18. The Labute approximate surface area is 187 Å². The fourth-order valence-corrected chi connectivity index (χ4v) is 4.46. The van der Waals surface area contributed by atoms with E-state index in [1.807, 2.05) is 0 Å². The van der Waals surface area contributed by atoms with E-state index in [0.717, 1.165) is 48.6 Å². The van der Waals surface area contributed by atoms with Gasteiger partial charge >= 0.3 is 12.3 Å². The van der Waals surface area contributed by atoms with Crippen molar-refractivity contribution in [2.24, 2.45) is 11.8 Å². The van der Waals surface area contributed by atoms with E-state index in [2.05, 4.69) is 11.7 Å². The monoisotopic (exact) mass is 454 g/mol. The van der Waals surface area contributed by atoms with Crippen LogP contribution in [-0.2, 0) is 18.7 Å². The number of benzene rings is 2. The average Bonchev–Trinajstić information content (AvgIpc) is 2.77. The van der Waals surface area contributed by atoms with Gasteiger partial charge in [0.1, 0.15) is 5.75 Å². The number of hydrogen-bond acceptors (Lipinski definition) is 1. The van der Waals surface area contributed by atoms with Gasteiger partial charge in [0.2, 0.25) is 0 Å². The SMILES string of the molecule is CCCCC1CCC(CCc2ccc(C(F)(F)Oc3ccc(C(F)(F)F)cc3)cc2)CC1. The molecule has 2 aromatic rings. The van der Waals surface area contributed by atoms with Gasteiger partial charge < -0.3 is 4.74 Å². The normalized spacial score (nSPS) is 19.7. The molecule has 32 heavy (non-hydrogen) atoms. The summed E-state index contributed by atoms with van der Waals surface area (Å²) in [6.45, 7) is 2.23. The molecule has 1 saturated carbocycles. The van der Waals surface area contributed by atoms with Crippen molar-refractivity contribution < 1.29 is 26.7 Å². The topological polar surface area (TPSA) is 9.23 Å². The smallest absolute Gasteiger partial charge is 0.426 e. The zero-order valence-electron chi connectivity index (χ0n) is 18.4. The highest BCUT2D eigenvalue weighted by Gasteiger charge is 2.35. The number of ether oxygens (including phenoxy) is 1. The van der Waals surface area contributed by atoms with E-state index >= 15 is 0 Å². The minimum Gasteiger partial charge on any atom is -0.429 e. The molecule has 0 amide bonds. The zero-order chi connectivity index (χ0) is 23.2. The van der Waals surface area contributed by atoms with Gasteiger partial charge in [-0.2, -0.15) is 22.0 Å². The molecule has 3 rings (SSSR count). The third kappa shape index (κ3) is 6.94. The lowest BCUT2D eigenvalue weighted by atomic mass is 9.78. The van der Waals surface area contributed by atoms with Gasteiger partial charge in [0.05, 0.1) is 11.1 Å². The Balaban J connectivity index is 1.50. The molecular weight excluding hydrogens is 423 g/mol. The predicted molar refractivity (Wildman–Crippen MR) is 116 cm³/mol. The van der Waals surface area contributed by atoms with Crippen molar-refractivity contribution in [3.05, 3.63) is 65.2 Å². The van der Waals surface area contributed by atoms with Crippen LogP contribution in [0, 0.1) is 11.8 Å². The molecule has 2 aromatic carbocycles. The van der Waals surface area contributed by atoms with Gasteiger partial charge in [0.25, 0.3) is 0 Å². The molecule has 0 atom stereocenters. The summed E-state index contributed by atoms with van der Waals surface area (Å²) in [4.78, 5) is 0. The number of aryl methyl sites for hydroxylation is 1. The minimum absolute atomic E-state index is 0.318. The van der Waals surface area contributed by atoms with Crippen molar-refractivity contribution >= 4 is 0 Å². The van der Waals surface area contributed by atoms with Crippen LogP contribution in [-0.4, -0.2) is 0 Å². The first kappa shape index (κ1) is 24.5. The van der Waals surface area contributed by atoms with Gasteiger partial charge in [-0.25, -0.2) is 0 Å². The lowest BCUT2D eigenvalue weighted by Gasteiger charge is -2.28. The lowest BCUT2D eigenvalue weighted by Crippen LogP contribution is -2.22. The van der Waals surface area contributed by atoms with Crippen molar-refractivity contribution in [2.75, 3.05) is 0 Å². The highest BCUT2D eigenvalue weighted by Crippen LogP contribution is 2.36. The number of unbranched alkanes of at least 4 members (excludes halogenated alkanes) is 1. The van der Waals surface area contributed by atoms with Crippen LogP contribution in [0.2, 0.25) is 0 Å². The van der Waals surface area contributed by atoms with E-state index < -0.39 is 17.8 Å². The summed E-state index contributed by atoms with van der Waals surface area (Å²) in [7, 11) is 0. The third-order valence-corrected chi connectivity index (χ3v) is 6.49. The first-order valence-electron chi connectivity index (χ1n) is 11.5. The molecular formula is C26H31F5O. The third-order valence-electron chi connectivity index (χ3n) is 6.49. The predicted octanol–water partition coefficient (Wildman–Crippen LogP) is 8.76. The largest absolute Gasteiger partial charge is 0.429 e. The molecule has 0 bridgehead atoms. The maximum absolute atomic E-state index is 14.5. The molecule has 176 valence electrons. The molecule has 1 aliphatic carbocycles. The first-order chi connectivity index (χ1) is 15.2. The van der Waals surface area contributed by atoms with Gasteiger partial charge in [-0.15, -0.1) is 0 Å². The highest BCUT2D eigenvalue weighted by atomic mass is 19.4. The van der Waals surface area contributed by atoms with Crippen molar-refractivity contribution in [3.63, 3.8) is 0 Å². The summed E-state index contributed by atoms with van der Waals surface area (Å²) < 4.78 is 71.5. The van der Waals surface area contributed by atoms with E-state index in [-0.39, 0.29) is 11.3 Å². The summed E-state index contributed by atoms with van der Waals surface area (Å²) >= 11 is 0. The number of rotatable bonds is 9. The molecule has 0 unspecified atom stereocenters. The van der Waals surface area contributed by atoms with E-state index in [1.165, 1.54) is 57.1 Å². The van der Waals surface area contributed by atoms with E-state index in [1.54, 1.807) is 12.1 Å². The van der Waals surface area contributed by atoms with Crippen LogP contribution in [0.5, 0.6) is 5.75 Å². The van der Waals surface area contributed by atoms with Crippen molar-refractivity contribution in [2.45, 2.75) is 77.0 Å². The quantitative estimate of drug-likeness (QED) is 0.344. The maximum atomic E-state index is 14.5. The minimum atomic E-state index is -4.52. The van der Waals surface area contributed by atoms with Crippen molar-refractivity contribution in [3.8, 4) is 5.75 Å². The molecule has 1 nitrogen and oxygen atoms in total. The zero-order valence-corrected chi connectivity index (χ0v) is 18.4. The molecule has 0 spiro atoms. The van der Waals surface area contributed by atoms with Crippen LogP contribution in [0.3, 0.4) is 0 Å². The van der Waals surface area contributed by atoms with Gasteiger partial charge in [0.15, 0.2) is 0 Å². The first-order valence-corrected chi connectivity index (χ1v) is 11.5. The number of hydrogen-bond donors (Lipinski definition) is 0.